The standard InChI is InChI=1S/C14H22O3/c1-2-16-13-8-7-9-14(12-13)17-11-6-4-3-5-10-15/h7-9,12,15H,2-6,10-11H2,1H3. The Morgan fingerprint density at radius 3 is 2.41 bits per heavy atom. The van der Waals surface area contributed by atoms with E-state index in [1.807, 2.05) is 31.2 Å². The smallest absolute Gasteiger partial charge is 0.122 e. The van der Waals surface area contributed by atoms with E-state index in [1.54, 1.807) is 0 Å². The number of hydrogen-bond donors (Lipinski definition) is 1. The van der Waals surface area contributed by atoms with Gasteiger partial charge in [0.15, 0.2) is 0 Å². The van der Waals surface area contributed by atoms with E-state index in [0.717, 1.165) is 43.8 Å². The van der Waals surface area contributed by atoms with Crippen LogP contribution < -0.4 is 9.47 Å². The van der Waals surface area contributed by atoms with Gasteiger partial charge in [-0.15, -0.1) is 0 Å². The van der Waals surface area contributed by atoms with Crippen LogP contribution in [-0.2, 0) is 0 Å². The molecule has 0 aromatic heterocycles. The fraction of sp³-hybridized carbons (Fsp3) is 0.571. The molecule has 0 atom stereocenters. The Labute approximate surface area is 103 Å². The topological polar surface area (TPSA) is 38.7 Å². The SMILES string of the molecule is CCOc1cccc(OCCCCCCO)c1. The van der Waals surface area contributed by atoms with Crippen molar-refractivity contribution in [1.29, 1.82) is 0 Å². The zero-order valence-electron chi connectivity index (χ0n) is 10.5. The Morgan fingerprint density at radius 1 is 1.00 bits per heavy atom. The minimum atomic E-state index is 0.289. The van der Waals surface area contributed by atoms with Crippen molar-refractivity contribution in [3.05, 3.63) is 24.3 Å². The van der Waals surface area contributed by atoms with E-state index in [9.17, 15) is 0 Å². The molecule has 1 rings (SSSR count). The van der Waals surface area contributed by atoms with E-state index in [0.29, 0.717) is 6.61 Å². The molecule has 0 aliphatic rings. The molecule has 17 heavy (non-hydrogen) atoms. The molecule has 1 aromatic carbocycles. The summed E-state index contributed by atoms with van der Waals surface area (Å²) in [5.74, 6) is 1.71. The molecule has 0 spiro atoms. The number of rotatable bonds is 9. The number of hydrogen-bond acceptors (Lipinski definition) is 3. The number of aliphatic hydroxyl groups excluding tert-OH is 1. The van der Waals surface area contributed by atoms with Crippen LogP contribution >= 0.6 is 0 Å². The number of unbranched alkanes of at least 4 members (excludes halogenated alkanes) is 3. The van der Waals surface area contributed by atoms with Crippen molar-refractivity contribution < 1.29 is 14.6 Å². The highest BCUT2D eigenvalue weighted by molar-refractivity contribution is 5.32. The van der Waals surface area contributed by atoms with Crippen LogP contribution in [0.15, 0.2) is 24.3 Å². The summed E-state index contributed by atoms with van der Waals surface area (Å²) in [5, 5.41) is 8.64. The third-order valence-electron chi connectivity index (χ3n) is 2.44. The van der Waals surface area contributed by atoms with Gasteiger partial charge in [-0.3, -0.25) is 0 Å². The molecule has 0 saturated carbocycles. The fourth-order valence-corrected chi connectivity index (χ4v) is 1.58. The van der Waals surface area contributed by atoms with E-state index >= 15 is 0 Å². The molecular formula is C14H22O3. The van der Waals surface area contributed by atoms with E-state index < -0.39 is 0 Å². The molecule has 3 heteroatoms. The summed E-state index contributed by atoms with van der Waals surface area (Å²) in [4.78, 5) is 0. The van der Waals surface area contributed by atoms with Gasteiger partial charge >= 0.3 is 0 Å². The van der Waals surface area contributed by atoms with Crippen molar-refractivity contribution in [1.82, 2.24) is 0 Å². The largest absolute Gasteiger partial charge is 0.494 e. The molecule has 96 valence electrons. The summed E-state index contributed by atoms with van der Waals surface area (Å²) in [7, 11) is 0. The van der Waals surface area contributed by atoms with Crippen LogP contribution in [0.5, 0.6) is 11.5 Å². The van der Waals surface area contributed by atoms with Crippen molar-refractivity contribution >= 4 is 0 Å². The lowest BCUT2D eigenvalue weighted by molar-refractivity contribution is 0.272. The van der Waals surface area contributed by atoms with Gasteiger partial charge in [0, 0.05) is 12.7 Å². The summed E-state index contributed by atoms with van der Waals surface area (Å²) in [6.45, 7) is 3.65. The highest BCUT2D eigenvalue weighted by Crippen LogP contribution is 2.19. The molecule has 1 aromatic rings. The summed E-state index contributed by atoms with van der Waals surface area (Å²) in [6, 6.07) is 7.72. The lowest BCUT2D eigenvalue weighted by Gasteiger charge is -2.08. The molecule has 0 heterocycles. The Bertz CT molecular complexity index is 299. The van der Waals surface area contributed by atoms with E-state index in [2.05, 4.69) is 0 Å². The molecule has 0 unspecified atom stereocenters. The molecule has 3 nitrogen and oxygen atoms in total. The van der Waals surface area contributed by atoms with Gasteiger partial charge in [0.2, 0.25) is 0 Å². The Morgan fingerprint density at radius 2 is 1.71 bits per heavy atom. The van der Waals surface area contributed by atoms with Crippen LogP contribution in [0.1, 0.15) is 32.6 Å². The molecule has 0 amide bonds. The first kappa shape index (κ1) is 13.8. The van der Waals surface area contributed by atoms with Crippen LogP contribution in [-0.4, -0.2) is 24.9 Å². The highest BCUT2D eigenvalue weighted by Gasteiger charge is 1.97. The quantitative estimate of drug-likeness (QED) is 0.672. The van der Waals surface area contributed by atoms with Crippen molar-refractivity contribution in [2.45, 2.75) is 32.6 Å². The normalized spacial score (nSPS) is 10.2. The van der Waals surface area contributed by atoms with Crippen LogP contribution in [0.2, 0.25) is 0 Å². The van der Waals surface area contributed by atoms with E-state index in [4.69, 9.17) is 14.6 Å². The first-order valence-electron chi connectivity index (χ1n) is 6.33. The fourth-order valence-electron chi connectivity index (χ4n) is 1.58. The van der Waals surface area contributed by atoms with Crippen LogP contribution in [0.4, 0.5) is 0 Å². The minimum Gasteiger partial charge on any atom is -0.494 e. The minimum absolute atomic E-state index is 0.289. The zero-order valence-corrected chi connectivity index (χ0v) is 10.5. The molecule has 1 N–H and O–H groups in total. The maximum atomic E-state index is 8.64. The van der Waals surface area contributed by atoms with E-state index in [1.165, 1.54) is 0 Å². The van der Waals surface area contributed by atoms with Gasteiger partial charge in [0.05, 0.1) is 13.2 Å². The van der Waals surface area contributed by atoms with E-state index in [-0.39, 0.29) is 6.61 Å². The molecule has 0 bridgehead atoms. The van der Waals surface area contributed by atoms with Gasteiger partial charge in [-0.25, -0.2) is 0 Å². The molecular weight excluding hydrogens is 216 g/mol. The summed E-state index contributed by atoms with van der Waals surface area (Å²) < 4.78 is 11.0. The third-order valence-corrected chi connectivity index (χ3v) is 2.44. The lowest BCUT2D eigenvalue weighted by Crippen LogP contribution is -1.98. The highest BCUT2D eigenvalue weighted by atomic mass is 16.5. The first-order valence-corrected chi connectivity index (χ1v) is 6.33. The molecule has 0 aliphatic heterocycles. The second-order valence-electron chi connectivity index (χ2n) is 3.89. The summed E-state index contributed by atoms with van der Waals surface area (Å²) in [5.41, 5.74) is 0. The molecule has 0 radical (unpaired) electrons. The molecule has 0 aliphatic carbocycles. The average Bonchev–Trinajstić information content (AvgIpc) is 2.35. The predicted molar refractivity (Wildman–Crippen MR) is 68.7 cm³/mol. The summed E-state index contributed by atoms with van der Waals surface area (Å²) in [6.07, 6.45) is 4.09. The maximum Gasteiger partial charge on any atom is 0.122 e. The van der Waals surface area contributed by atoms with Gasteiger partial charge in [-0.05, 0) is 38.3 Å². The van der Waals surface area contributed by atoms with Crippen molar-refractivity contribution in [2.24, 2.45) is 0 Å². The second kappa shape index (κ2) is 8.88. The Kier molecular flexibility index (Phi) is 7.23. The monoisotopic (exact) mass is 238 g/mol. The van der Waals surface area contributed by atoms with Crippen molar-refractivity contribution in [3.63, 3.8) is 0 Å². The number of aliphatic hydroxyl groups is 1. The Balaban J connectivity index is 2.19. The predicted octanol–water partition coefficient (Wildman–Crippen LogP) is 3.02. The number of benzene rings is 1. The molecule has 0 fully saturated rings. The summed E-state index contributed by atoms with van der Waals surface area (Å²) >= 11 is 0. The van der Waals surface area contributed by atoms with Gasteiger partial charge in [0.25, 0.3) is 0 Å². The zero-order chi connectivity index (χ0) is 12.3. The first-order chi connectivity index (χ1) is 8.36. The van der Waals surface area contributed by atoms with Crippen molar-refractivity contribution in [2.75, 3.05) is 19.8 Å². The van der Waals surface area contributed by atoms with Gasteiger partial charge in [-0.1, -0.05) is 12.5 Å². The maximum absolute atomic E-state index is 8.64. The number of ether oxygens (including phenoxy) is 2. The van der Waals surface area contributed by atoms with Gasteiger partial charge in [0.1, 0.15) is 11.5 Å². The van der Waals surface area contributed by atoms with Crippen LogP contribution in [0.3, 0.4) is 0 Å². The van der Waals surface area contributed by atoms with Gasteiger partial charge in [-0.2, -0.15) is 0 Å². The average molecular weight is 238 g/mol. The lowest BCUT2D eigenvalue weighted by atomic mass is 10.2. The molecule has 0 saturated heterocycles. The van der Waals surface area contributed by atoms with Crippen molar-refractivity contribution in [3.8, 4) is 11.5 Å². The third kappa shape index (κ3) is 6.17. The second-order valence-corrected chi connectivity index (χ2v) is 3.89. The van der Waals surface area contributed by atoms with Gasteiger partial charge < -0.3 is 14.6 Å². The Hall–Kier alpha value is -1.22. The van der Waals surface area contributed by atoms with Crippen LogP contribution in [0, 0.1) is 0 Å². The van der Waals surface area contributed by atoms with Crippen LogP contribution in [0.25, 0.3) is 0 Å².